The number of amides is 1. The quantitative estimate of drug-likeness (QED) is 0.580. The molecule has 27 heavy (non-hydrogen) atoms. The number of nitrogens with zero attached hydrogens (tertiary/aromatic N) is 1. The molecule has 0 radical (unpaired) electrons. The number of hydrogen-bond acceptors (Lipinski definition) is 6. The number of alkyl halides is 3. The lowest BCUT2D eigenvalue weighted by molar-refractivity contribution is -0.606. The van der Waals surface area contributed by atoms with Gasteiger partial charge in [0.2, 0.25) is 0 Å². The van der Waals surface area contributed by atoms with E-state index in [4.69, 9.17) is 5.73 Å². The second kappa shape index (κ2) is 6.53. The van der Waals surface area contributed by atoms with E-state index in [1.807, 2.05) is 0 Å². The van der Waals surface area contributed by atoms with Crippen LogP contribution in [0, 0.1) is 5.21 Å². The van der Waals surface area contributed by atoms with Gasteiger partial charge in [-0.3, -0.25) is 4.79 Å². The standard InChI is InChI=1S/C15H12F3N3O4S2/c16-15(17,18)12-4-9(6-26-12)8-3-11(19)13(21(23)5-8)14(22)20-10-1-2-27(24,25)7-10/h1-6,10H,7,19H2,(H,20,22)/t10-/m1/s1. The van der Waals surface area contributed by atoms with Gasteiger partial charge in [0.1, 0.15) is 10.6 Å². The molecule has 0 aliphatic carbocycles. The van der Waals surface area contributed by atoms with Crippen molar-refractivity contribution in [1.29, 1.82) is 0 Å². The van der Waals surface area contributed by atoms with Gasteiger partial charge < -0.3 is 16.3 Å². The molecule has 12 heteroatoms. The highest BCUT2D eigenvalue weighted by molar-refractivity contribution is 7.94. The van der Waals surface area contributed by atoms with Crippen LogP contribution >= 0.6 is 11.3 Å². The Hall–Kier alpha value is -2.60. The Balaban J connectivity index is 1.86. The number of rotatable bonds is 3. The first kappa shape index (κ1) is 19.2. The number of hydrogen-bond donors (Lipinski definition) is 2. The maximum absolute atomic E-state index is 12.7. The Morgan fingerprint density at radius 3 is 2.56 bits per heavy atom. The number of aromatic nitrogens is 1. The molecule has 2 aromatic heterocycles. The molecule has 144 valence electrons. The summed E-state index contributed by atoms with van der Waals surface area (Å²) in [4.78, 5) is 11.4. The molecule has 2 aromatic rings. The molecule has 0 spiro atoms. The number of carbonyl (C=O) groups excluding carboxylic acids is 1. The van der Waals surface area contributed by atoms with Gasteiger partial charge in [-0.05, 0) is 29.2 Å². The molecule has 0 saturated heterocycles. The number of pyridine rings is 1. The van der Waals surface area contributed by atoms with Crippen LogP contribution in [0.25, 0.3) is 11.1 Å². The van der Waals surface area contributed by atoms with Crippen molar-refractivity contribution in [2.75, 3.05) is 11.5 Å². The number of nitrogens with one attached hydrogen (secondary N) is 1. The lowest BCUT2D eigenvalue weighted by atomic mass is 10.1. The summed E-state index contributed by atoms with van der Waals surface area (Å²) in [6, 6.07) is 1.30. The number of carbonyl (C=O) groups is 1. The van der Waals surface area contributed by atoms with Crippen molar-refractivity contribution >= 4 is 32.8 Å². The zero-order chi connectivity index (χ0) is 20.0. The largest absolute Gasteiger partial charge is 0.618 e. The van der Waals surface area contributed by atoms with Crippen LogP contribution in [0.3, 0.4) is 0 Å². The highest BCUT2D eigenvalue weighted by Crippen LogP contribution is 2.37. The maximum atomic E-state index is 12.7. The molecular formula is C15H12F3N3O4S2. The summed E-state index contributed by atoms with van der Waals surface area (Å²) in [5.74, 6) is -1.22. The summed E-state index contributed by atoms with van der Waals surface area (Å²) in [5, 5.41) is 16.8. The van der Waals surface area contributed by atoms with E-state index >= 15 is 0 Å². The molecule has 0 bridgehead atoms. The van der Waals surface area contributed by atoms with Crippen LogP contribution in [0.5, 0.6) is 0 Å². The third kappa shape index (κ3) is 4.06. The summed E-state index contributed by atoms with van der Waals surface area (Å²) in [6.45, 7) is 0. The molecular weight excluding hydrogens is 407 g/mol. The Labute approximate surface area is 155 Å². The Morgan fingerprint density at radius 1 is 1.33 bits per heavy atom. The number of anilines is 1. The van der Waals surface area contributed by atoms with Gasteiger partial charge >= 0.3 is 17.8 Å². The van der Waals surface area contributed by atoms with Crippen LogP contribution < -0.4 is 15.8 Å². The number of sulfone groups is 1. The molecule has 0 saturated carbocycles. The third-order valence-corrected chi connectivity index (χ3v) is 6.11. The molecule has 0 fully saturated rings. The first-order valence-electron chi connectivity index (χ1n) is 7.37. The molecule has 3 N–H and O–H groups in total. The van der Waals surface area contributed by atoms with Crippen molar-refractivity contribution in [3.8, 4) is 11.1 Å². The van der Waals surface area contributed by atoms with Gasteiger partial charge in [-0.15, -0.1) is 11.3 Å². The Morgan fingerprint density at radius 2 is 2.04 bits per heavy atom. The fourth-order valence-corrected chi connectivity index (χ4v) is 4.54. The maximum Gasteiger partial charge on any atom is 0.425 e. The van der Waals surface area contributed by atoms with Crippen molar-refractivity contribution < 1.29 is 31.1 Å². The van der Waals surface area contributed by atoms with Crippen LogP contribution in [0.15, 0.2) is 35.2 Å². The summed E-state index contributed by atoms with van der Waals surface area (Å²) in [5.41, 5.74) is 5.29. The van der Waals surface area contributed by atoms with Gasteiger partial charge in [-0.25, -0.2) is 8.42 Å². The predicted molar refractivity (Wildman–Crippen MR) is 92.3 cm³/mol. The topological polar surface area (TPSA) is 116 Å². The molecule has 7 nitrogen and oxygen atoms in total. The Kier molecular flexibility index (Phi) is 4.64. The highest BCUT2D eigenvalue weighted by Gasteiger charge is 2.33. The van der Waals surface area contributed by atoms with E-state index in [2.05, 4.69) is 5.32 Å². The van der Waals surface area contributed by atoms with E-state index in [9.17, 15) is 31.6 Å². The molecule has 0 aromatic carbocycles. The van der Waals surface area contributed by atoms with E-state index < -0.39 is 38.5 Å². The van der Waals surface area contributed by atoms with Gasteiger partial charge in [-0.2, -0.15) is 17.9 Å². The molecule has 1 aliphatic rings. The number of nitrogen functional groups attached to an aromatic ring is 1. The predicted octanol–water partition coefficient (Wildman–Crippen LogP) is 1.69. The van der Waals surface area contributed by atoms with E-state index in [0.717, 1.165) is 17.7 Å². The highest BCUT2D eigenvalue weighted by atomic mass is 32.2. The first-order valence-corrected chi connectivity index (χ1v) is 9.96. The summed E-state index contributed by atoms with van der Waals surface area (Å²) in [6.07, 6.45) is -2.29. The van der Waals surface area contributed by atoms with E-state index in [1.54, 1.807) is 0 Å². The van der Waals surface area contributed by atoms with Crippen LogP contribution in [0.2, 0.25) is 0 Å². The third-order valence-electron chi connectivity index (χ3n) is 3.73. The molecule has 1 atom stereocenters. The monoisotopic (exact) mass is 419 g/mol. The molecule has 3 rings (SSSR count). The number of halogens is 3. The van der Waals surface area contributed by atoms with Crippen LogP contribution in [-0.4, -0.2) is 26.1 Å². The normalized spacial score (nSPS) is 18.6. The lowest BCUT2D eigenvalue weighted by Crippen LogP contribution is -2.44. The first-order chi connectivity index (χ1) is 12.5. The van der Waals surface area contributed by atoms with E-state index in [0.29, 0.717) is 11.3 Å². The van der Waals surface area contributed by atoms with Gasteiger partial charge in [-0.1, -0.05) is 0 Å². The van der Waals surface area contributed by atoms with Gasteiger partial charge in [0.25, 0.3) is 0 Å². The number of nitrogens with two attached hydrogens (primary N) is 1. The van der Waals surface area contributed by atoms with E-state index in [1.165, 1.54) is 17.5 Å². The fourth-order valence-electron chi connectivity index (χ4n) is 2.52. The van der Waals surface area contributed by atoms with Crippen molar-refractivity contribution in [3.63, 3.8) is 0 Å². The molecule has 0 unspecified atom stereocenters. The zero-order valence-electron chi connectivity index (χ0n) is 13.4. The van der Waals surface area contributed by atoms with Crippen molar-refractivity contribution in [1.82, 2.24) is 5.32 Å². The minimum absolute atomic E-state index is 0.120. The second-order valence-corrected chi connectivity index (χ2v) is 8.64. The Bertz CT molecular complexity index is 1020. The average molecular weight is 419 g/mol. The minimum atomic E-state index is -4.50. The van der Waals surface area contributed by atoms with Gasteiger partial charge in [0.15, 0.2) is 16.0 Å². The fraction of sp³-hybridized carbons (Fsp3) is 0.200. The SMILES string of the molecule is Nc1cc(-c2csc(C(F)(F)F)c2)c[n+]([O-])c1C(=O)N[C@@H]1C=CS(=O)(=O)C1. The minimum Gasteiger partial charge on any atom is -0.618 e. The van der Waals surface area contributed by atoms with Gasteiger partial charge in [0, 0.05) is 11.0 Å². The van der Waals surface area contributed by atoms with E-state index in [-0.39, 0.29) is 27.3 Å². The molecule has 3 heterocycles. The van der Waals surface area contributed by atoms with Gasteiger partial charge in [0.05, 0.1) is 11.8 Å². The van der Waals surface area contributed by atoms with Crippen LogP contribution in [0.4, 0.5) is 18.9 Å². The summed E-state index contributed by atoms with van der Waals surface area (Å²) in [7, 11) is -3.40. The molecule has 1 amide bonds. The zero-order valence-corrected chi connectivity index (χ0v) is 15.0. The van der Waals surface area contributed by atoms with Crippen LogP contribution in [-0.2, 0) is 16.0 Å². The average Bonchev–Trinajstić information content (AvgIpc) is 3.13. The lowest BCUT2D eigenvalue weighted by Gasteiger charge is -2.12. The second-order valence-electron chi connectivity index (χ2n) is 5.79. The van der Waals surface area contributed by atoms with Crippen molar-refractivity contribution in [2.45, 2.75) is 12.2 Å². The molecule has 1 aliphatic heterocycles. The number of thiophene rings is 1. The summed E-state index contributed by atoms with van der Waals surface area (Å²) < 4.78 is 61.0. The van der Waals surface area contributed by atoms with Crippen molar-refractivity contribution in [3.05, 3.63) is 51.0 Å². The summed E-state index contributed by atoms with van der Waals surface area (Å²) >= 11 is 0.474. The van der Waals surface area contributed by atoms with Crippen LogP contribution in [0.1, 0.15) is 15.4 Å². The smallest absolute Gasteiger partial charge is 0.425 e. The van der Waals surface area contributed by atoms with Crippen molar-refractivity contribution in [2.24, 2.45) is 0 Å².